The van der Waals surface area contributed by atoms with E-state index in [9.17, 15) is 0 Å². The van der Waals surface area contributed by atoms with E-state index in [4.69, 9.17) is 17.3 Å². The van der Waals surface area contributed by atoms with Gasteiger partial charge in [-0.2, -0.15) is 0 Å². The molecule has 0 spiro atoms. The normalized spacial score (nSPS) is 12.4. The Morgan fingerprint density at radius 3 is 2.50 bits per heavy atom. The first-order valence-electron chi connectivity index (χ1n) is 5.92. The SMILES string of the molecule is CC(N)Cc1ccc(Sc2ccccc2)c(Cl)c1. The average molecular weight is 278 g/mol. The van der Waals surface area contributed by atoms with Gasteiger partial charge in [-0.1, -0.05) is 47.6 Å². The molecule has 1 unspecified atom stereocenters. The van der Waals surface area contributed by atoms with Crippen LogP contribution in [0, 0.1) is 0 Å². The summed E-state index contributed by atoms with van der Waals surface area (Å²) in [7, 11) is 0. The van der Waals surface area contributed by atoms with Gasteiger partial charge in [0.2, 0.25) is 0 Å². The van der Waals surface area contributed by atoms with Crippen LogP contribution in [0.1, 0.15) is 12.5 Å². The van der Waals surface area contributed by atoms with Crippen molar-refractivity contribution in [2.24, 2.45) is 5.73 Å². The fourth-order valence-corrected chi connectivity index (χ4v) is 2.90. The maximum Gasteiger partial charge on any atom is 0.0548 e. The largest absolute Gasteiger partial charge is 0.328 e. The molecule has 1 nitrogen and oxygen atoms in total. The summed E-state index contributed by atoms with van der Waals surface area (Å²) in [5, 5.41) is 0.794. The van der Waals surface area contributed by atoms with Crippen molar-refractivity contribution in [1.82, 2.24) is 0 Å². The van der Waals surface area contributed by atoms with Gasteiger partial charge in [0.1, 0.15) is 0 Å². The molecule has 0 aromatic heterocycles. The van der Waals surface area contributed by atoms with Crippen LogP contribution >= 0.6 is 23.4 Å². The van der Waals surface area contributed by atoms with Crippen LogP contribution in [0.4, 0.5) is 0 Å². The van der Waals surface area contributed by atoms with Gasteiger partial charge in [-0.15, -0.1) is 0 Å². The average Bonchev–Trinajstić information content (AvgIpc) is 2.33. The lowest BCUT2D eigenvalue weighted by atomic mass is 10.1. The van der Waals surface area contributed by atoms with Crippen molar-refractivity contribution in [1.29, 1.82) is 0 Å². The Kier molecular flexibility index (Phi) is 4.70. The molecule has 0 bridgehead atoms. The Balaban J connectivity index is 2.15. The van der Waals surface area contributed by atoms with E-state index in [0.717, 1.165) is 16.3 Å². The first kappa shape index (κ1) is 13.5. The van der Waals surface area contributed by atoms with Crippen molar-refractivity contribution < 1.29 is 0 Å². The van der Waals surface area contributed by atoms with E-state index in [2.05, 4.69) is 24.3 Å². The van der Waals surface area contributed by atoms with Gasteiger partial charge in [0.15, 0.2) is 0 Å². The smallest absolute Gasteiger partial charge is 0.0548 e. The third-order valence-electron chi connectivity index (χ3n) is 2.52. The quantitative estimate of drug-likeness (QED) is 0.897. The van der Waals surface area contributed by atoms with Crippen LogP contribution in [0.5, 0.6) is 0 Å². The van der Waals surface area contributed by atoms with Crippen molar-refractivity contribution in [2.75, 3.05) is 0 Å². The molecule has 94 valence electrons. The molecule has 0 aliphatic rings. The van der Waals surface area contributed by atoms with Gasteiger partial charge in [0.25, 0.3) is 0 Å². The van der Waals surface area contributed by atoms with Crippen molar-refractivity contribution in [3.8, 4) is 0 Å². The van der Waals surface area contributed by atoms with Gasteiger partial charge in [0.05, 0.1) is 5.02 Å². The van der Waals surface area contributed by atoms with Gasteiger partial charge < -0.3 is 5.73 Å². The molecule has 18 heavy (non-hydrogen) atoms. The summed E-state index contributed by atoms with van der Waals surface area (Å²) in [4.78, 5) is 2.27. The Labute approximate surface area is 117 Å². The van der Waals surface area contributed by atoms with Crippen LogP contribution in [0.25, 0.3) is 0 Å². The molecule has 0 fully saturated rings. The third-order valence-corrected chi connectivity index (χ3v) is 4.03. The first-order valence-corrected chi connectivity index (χ1v) is 7.11. The third kappa shape index (κ3) is 3.77. The van der Waals surface area contributed by atoms with Crippen LogP contribution in [0.2, 0.25) is 5.02 Å². The minimum Gasteiger partial charge on any atom is -0.328 e. The molecular weight excluding hydrogens is 262 g/mol. The summed E-state index contributed by atoms with van der Waals surface area (Å²) < 4.78 is 0. The highest BCUT2D eigenvalue weighted by atomic mass is 35.5. The fourth-order valence-electron chi connectivity index (χ4n) is 1.74. The topological polar surface area (TPSA) is 26.0 Å². The monoisotopic (exact) mass is 277 g/mol. The lowest BCUT2D eigenvalue weighted by Gasteiger charge is -2.08. The first-order chi connectivity index (χ1) is 8.65. The summed E-state index contributed by atoms with van der Waals surface area (Å²) in [6.45, 7) is 2.00. The second-order valence-corrected chi connectivity index (χ2v) is 5.88. The fraction of sp³-hybridized carbons (Fsp3) is 0.200. The molecule has 0 heterocycles. The second kappa shape index (κ2) is 6.28. The number of rotatable bonds is 4. The standard InChI is InChI=1S/C15H16ClNS/c1-11(17)9-12-7-8-15(14(16)10-12)18-13-5-3-2-4-6-13/h2-8,10-11H,9,17H2,1H3. The highest BCUT2D eigenvalue weighted by Crippen LogP contribution is 2.33. The zero-order valence-electron chi connectivity index (χ0n) is 10.3. The summed E-state index contributed by atoms with van der Waals surface area (Å²) in [5.41, 5.74) is 6.98. The van der Waals surface area contributed by atoms with E-state index >= 15 is 0 Å². The van der Waals surface area contributed by atoms with E-state index in [-0.39, 0.29) is 6.04 Å². The number of hydrogen-bond acceptors (Lipinski definition) is 2. The van der Waals surface area contributed by atoms with Gasteiger partial charge >= 0.3 is 0 Å². The minimum atomic E-state index is 0.161. The molecule has 0 saturated carbocycles. The van der Waals surface area contributed by atoms with Crippen molar-refractivity contribution in [2.45, 2.75) is 29.2 Å². The zero-order valence-corrected chi connectivity index (χ0v) is 11.8. The van der Waals surface area contributed by atoms with Gasteiger partial charge in [0, 0.05) is 15.8 Å². The second-order valence-electron chi connectivity index (χ2n) is 4.36. The summed E-state index contributed by atoms with van der Waals surface area (Å²) in [6.07, 6.45) is 0.857. The van der Waals surface area contributed by atoms with Crippen LogP contribution in [0.3, 0.4) is 0 Å². The van der Waals surface area contributed by atoms with Crippen molar-refractivity contribution >= 4 is 23.4 Å². The molecule has 2 aromatic rings. The molecule has 0 aliphatic carbocycles. The zero-order chi connectivity index (χ0) is 13.0. The van der Waals surface area contributed by atoms with Crippen LogP contribution in [0.15, 0.2) is 58.3 Å². The molecule has 0 amide bonds. The van der Waals surface area contributed by atoms with Crippen LogP contribution in [-0.2, 0) is 6.42 Å². The summed E-state index contributed by atoms with van der Waals surface area (Å²) in [5.74, 6) is 0. The highest BCUT2D eigenvalue weighted by Gasteiger charge is 2.05. The van der Waals surface area contributed by atoms with E-state index < -0.39 is 0 Å². The minimum absolute atomic E-state index is 0.161. The Morgan fingerprint density at radius 1 is 1.17 bits per heavy atom. The predicted octanol–water partition coefficient (Wildman–Crippen LogP) is 4.38. The molecule has 1 atom stereocenters. The molecule has 2 rings (SSSR count). The van der Waals surface area contributed by atoms with E-state index in [1.807, 2.05) is 31.2 Å². The molecule has 0 radical (unpaired) electrons. The summed E-state index contributed by atoms with van der Waals surface area (Å²) in [6, 6.07) is 16.6. The number of halogens is 1. The van der Waals surface area contributed by atoms with Crippen LogP contribution < -0.4 is 5.73 Å². The maximum atomic E-state index is 6.30. The van der Waals surface area contributed by atoms with Gasteiger partial charge in [-0.05, 0) is 43.2 Å². The summed E-state index contributed by atoms with van der Waals surface area (Å²) >= 11 is 7.98. The molecule has 3 heteroatoms. The van der Waals surface area contributed by atoms with E-state index in [0.29, 0.717) is 0 Å². The lowest BCUT2D eigenvalue weighted by Crippen LogP contribution is -2.17. The van der Waals surface area contributed by atoms with Crippen molar-refractivity contribution in [3.63, 3.8) is 0 Å². The molecule has 2 aromatic carbocycles. The number of benzene rings is 2. The van der Waals surface area contributed by atoms with E-state index in [1.54, 1.807) is 11.8 Å². The molecule has 0 aliphatic heterocycles. The van der Waals surface area contributed by atoms with Gasteiger partial charge in [-0.25, -0.2) is 0 Å². The van der Waals surface area contributed by atoms with Gasteiger partial charge in [-0.3, -0.25) is 0 Å². The number of hydrogen-bond donors (Lipinski definition) is 1. The molecular formula is C15H16ClNS. The Bertz CT molecular complexity index is 511. The van der Waals surface area contributed by atoms with Crippen LogP contribution in [-0.4, -0.2) is 6.04 Å². The molecule has 2 N–H and O–H groups in total. The highest BCUT2D eigenvalue weighted by molar-refractivity contribution is 7.99. The lowest BCUT2D eigenvalue weighted by molar-refractivity contribution is 0.738. The van der Waals surface area contributed by atoms with Crippen molar-refractivity contribution in [3.05, 3.63) is 59.1 Å². The maximum absolute atomic E-state index is 6.30. The Morgan fingerprint density at radius 2 is 1.89 bits per heavy atom. The Hall–Kier alpha value is -0.960. The number of nitrogens with two attached hydrogens (primary N) is 1. The predicted molar refractivity (Wildman–Crippen MR) is 79.4 cm³/mol. The molecule has 0 saturated heterocycles. The van der Waals surface area contributed by atoms with E-state index in [1.165, 1.54) is 10.5 Å².